The fraction of sp³-hybridized carbons (Fsp3) is 0.391. The molecule has 1 aliphatic heterocycles. The number of hydrogen-bond acceptors (Lipinski definition) is 5. The smallest absolute Gasteiger partial charge is 0.411 e. The van der Waals surface area contributed by atoms with Gasteiger partial charge in [-0.1, -0.05) is 18.2 Å². The molecule has 1 saturated heterocycles. The molecule has 166 valence electrons. The number of carbonyl (C=O) groups excluding carboxylic acids is 1. The molecule has 0 spiro atoms. The second kappa shape index (κ2) is 10.7. The first kappa shape index (κ1) is 22.4. The van der Waals surface area contributed by atoms with Crippen LogP contribution in [0.2, 0.25) is 0 Å². The van der Waals surface area contributed by atoms with Crippen LogP contribution in [-0.2, 0) is 4.79 Å². The van der Waals surface area contributed by atoms with Gasteiger partial charge in [-0.3, -0.25) is 14.6 Å². The zero-order valence-electron chi connectivity index (χ0n) is 18.1. The van der Waals surface area contributed by atoms with Gasteiger partial charge in [0.1, 0.15) is 5.75 Å². The standard InChI is InChI=1S/C23H30N4O4/c1-3-31-22-10-5-4-9-21(22)27(23(29)30)16-13-25-11-14-26(15-12-25)20-8-6-7-19(17-20)24-18(2)28/h4-10,17H,3,11-16H2,1-2H3,(H,24,28)(H,29,30). The van der Waals surface area contributed by atoms with Crippen molar-refractivity contribution >= 4 is 29.1 Å². The number of anilines is 3. The molecule has 2 N–H and O–H groups in total. The van der Waals surface area contributed by atoms with Crippen molar-refractivity contribution < 1.29 is 19.4 Å². The van der Waals surface area contributed by atoms with Crippen molar-refractivity contribution in [2.75, 3.05) is 61.0 Å². The number of carbonyl (C=O) groups is 2. The molecule has 0 saturated carbocycles. The molecule has 2 aromatic carbocycles. The van der Waals surface area contributed by atoms with Crippen LogP contribution in [0.15, 0.2) is 48.5 Å². The first-order chi connectivity index (χ1) is 15.0. The lowest BCUT2D eigenvalue weighted by molar-refractivity contribution is -0.114. The molecule has 1 fully saturated rings. The van der Waals surface area contributed by atoms with Gasteiger partial charge < -0.3 is 20.1 Å². The highest BCUT2D eigenvalue weighted by molar-refractivity contribution is 5.89. The highest BCUT2D eigenvalue weighted by atomic mass is 16.5. The summed E-state index contributed by atoms with van der Waals surface area (Å²) in [5, 5.41) is 12.6. The van der Waals surface area contributed by atoms with Crippen molar-refractivity contribution in [3.8, 4) is 5.75 Å². The van der Waals surface area contributed by atoms with Gasteiger partial charge in [0.05, 0.1) is 12.3 Å². The van der Waals surface area contributed by atoms with Crippen LogP contribution in [0.5, 0.6) is 5.75 Å². The summed E-state index contributed by atoms with van der Waals surface area (Å²) >= 11 is 0. The summed E-state index contributed by atoms with van der Waals surface area (Å²) in [5.41, 5.74) is 2.44. The Morgan fingerprint density at radius 3 is 2.52 bits per heavy atom. The monoisotopic (exact) mass is 426 g/mol. The van der Waals surface area contributed by atoms with Crippen molar-refractivity contribution in [1.29, 1.82) is 0 Å². The number of rotatable bonds is 8. The number of hydrogen-bond donors (Lipinski definition) is 2. The number of para-hydroxylation sites is 2. The Kier molecular flexibility index (Phi) is 7.72. The van der Waals surface area contributed by atoms with Crippen LogP contribution in [0, 0.1) is 0 Å². The van der Waals surface area contributed by atoms with Gasteiger partial charge in [-0.25, -0.2) is 4.79 Å². The quantitative estimate of drug-likeness (QED) is 0.673. The minimum Gasteiger partial charge on any atom is -0.492 e. The molecule has 1 aliphatic rings. The van der Waals surface area contributed by atoms with E-state index >= 15 is 0 Å². The first-order valence-corrected chi connectivity index (χ1v) is 10.5. The fourth-order valence-corrected chi connectivity index (χ4v) is 3.73. The molecule has 1 heterocycles. The van der Waals surface area contributed by atoms with Gasteiger partial charge in [0.2, 0.25) is 5.91 Å². The zero-order valence-corrected chi connectivity index (χ0v) is 18.1. The van der Waals surface area contributed by atoms with Gasteiger partial charge in [0.25, 0.3) is 0 Å². The van der Waals surface area contributed by atoms with E-state index in [4.69, 9.17) is 4.74 Å². The molecule has 0 radical (unpaired) electrons. The number of benzene rings is 2. The van der Waals surface area contributed by atoms with Gasteiger partial charge in [-0.05, 0) is 37.3 Å². The molecule has 0 aliphatic carbocycles. The molecule has 2 amide bonds. The highest BCUT2D eigenvalue weighted by Crippen LogP contribution is 2.28. The third kappa shape index (κ3) is 6.11. The van der Waals surface area contributed by atoms with E-state index in [-0.39, 0.29) is 5.91 Å². The second-order valence-electron chi connectivity index (χ2n) is 7.40. The lowest BCUT2D eigenvalue weighted by Gasteiger charge is -2.37. The molecule has 3 rings (SSSR count). The van der Waals surface area contributed by atoms with Crippen molar-refractivity contribution in [3.05, 3.63) is 48.5 Å². The normalized spacial score (nSPS) is 14.2. The molecule has 0 aromatic heterocycles. The number of nitrogens with zero attached hydrogens (tertiary/aromatic N) is 3. The number of ether oxygens (including phenoxy) is 1. The van der Waals surface area contributed by atoms with Crippen molar-refractivity contribution in [1.82, 2.24) is 4.90 Å². The minimum absolute atomic E-state index is 0.0872. The first-order valence-electron chi connectivity index (χ1n) is 10.5. The van der Waals surface area contributed by atoms with Crippen LogP contribution in [-0.4, -0.2) is 67.9 Å². The number of amides is 2. The highest BCUT2D eigenvalue weighted by Gasteiger charge is 2.22. The van der Waals surface area contributed by atoms with Crippen LogP contribution in [0.1, 0.15) is 13.8 Å². The molecule has 31 heavy (non-hydrogen) atoms. The Labute approximate surface area is 183 Å². The van der Waals surface area contributed by atoms with Gasteiger partial charge >= 0.3 is 6.09 Å². The Bertz CT molecular complexity index is 897. The predicted molar refractivity (Wildman–Crippen MR) is 122 cm³/mol. The minimum atomic E-state index is -0.986. The molecule has 0 atom stereocenters. The number of carboxylic acid groups (broad SMARTS) is 1. The van der Waals surface area contributed by atoms with Gasteiger partial charge in [-0.2, -0.15) is 0 Å². The maximum absolute atomic E-state index is 11.9. The van der Waals surface area contributed by atoms with E-state index in [2.05, 4.69) is 15.1 Å². The predicted octanol–water partition coefficient (Wildman–Crippen LogP) is 3.35. The molecule has 8 heteroatoms. The van der Waals surface area contributed by atoms with Gasteiger partial charge in [0, 0.05) is 57.6 Å². The van der Waals surface area contributed by atoms with Crippen molar-refractivity contribution in [3.63, 3.8) is 0 Å². The van der Waals surface area contributed by atoms with E-state index in [1.165, 1.54) is 11.8 Å². The van der Waals surface area contributed by atoms with E-state index in [1.54, 1.807) is 12.1 Å². The molecular formula is C23H30N4O4. The van der Waals surface area contributed by atoms with Crippen LogP contribution in [0.3, 0.4) is 0 Å². The van der Waals surface area contributed by atoms with E-state index in [9.17, 15) is 14.7 Å². The zero-order chi connectivity index (χ0) is 22.2. The Morgan fingerprint density at radius 2 is 1.84 bits per heavy atom. The van der Waals surface area contributed by atoms with E-state index in [0.717, 1.165) is 37.6 Å². The van der Waals surface area contributed by atoms with Crippen LogP contribution in [0.25, 0.3) is 0 Å². The maximum atomic E-state index is 11.9. The van der Waals surface area contributed by atoms with Crippen LogP contribution < -0.4 is 19.9 Å². The van der Waals surface area contributed by atoms with Crippen LogP contribution >= 0.6 is 0 Å². The summed E-state index contributed by atoms with van der Waals surface area (Å²) < 4.78 is 5.61. The van der Waals surface area contributed by atoms with Gasteiger partial charge in [0.15, 0.2) is 0 Å². The summed E-state index contributed by atoms with van der Waals surface area (Å²) in [4.78, 5) is 29.1. The fourth-order valence-electron chi connectivity index (χ4n) is 3.73. The summed E-state index contributed by atoms with van der Waals surface area (Å²) in [7, 11) is 0. The molecule has 0 unspecified atom stereocenters. The second-order valence-corrected chi connectivity index (χ2v) is 7.40. The number of piperazine rings is 1. The molecule has 0 bridgehead atoms. The third-order valence-corrected chi connectivity index (χ3v) is 5.23. The molecular weight excluding hydrogens is 396 g/mol. The van der Waals surface area contributed by atoms with E-state index in [0.29, 0.717) is 31.1 Å². The van der Waals surface area contributed by atoms with Gasteiger partial charge in [-0.15, -0.1) is 0 Å². The summed E-state index contributed by atoms with van der Waals surface area (Å²) in [6, 6.07) is 15.1. The van der Waals surface area contributed by atoms with Crippen LogP contribution in [0.4, 0.5) is 21.9 Å². The summed E-state index contributed by atoms with van der Waals surface area (Å²) in [6.45, 7) is 8.24. The topological polar surface area (TPSA) is 85.4 Å². The SMILES string of the molecule is CCOc1ccccc1N(CCN1CCN(c2cccc(NC(C)=O)c2)CC1)C(=O)O. The Hall–Kier alpha value is -3.26. The average molecular weight is 427 g/mol. The Balaban J connectivity index is 1.57. The molecule has 8 nitrogen and oxygen atoms in total. The maximum Gasteiger partial charge on any atom is 0.411 e. The average Bonchev–Trinajstić information content (AvgIpc) is 2.75. The van der Waals surface area contributed by atoms with E-state index in [1.807, 2.05) is 43.3 Å². The summed E-state index contributed by atoms with van der Waals surface area (Å²) in [6.07, 6.45) is -0.986. The van der Waals surface area contributed by atoms with E-state index < -0.39 is 6.09 Å². The lowest BCUT2D eigenvalue weighted by Crippen LogP contribution is -2.49. The van der Waals surface area contributed by atoms with Crippen molar-refractivity contribution in [2.45, 2.75) is 13.8 Å². The largest absolute Gasteiger partial charge is 0.492 e. The Morgan fingerprint density at radius 1 is 1.10 bits per heavy atom. The summed E-state index contributed by atoms with van der Waals surface area (Å²) in [5.74, 6) is 0.493. The lowest BCUT2D eigenvalue weighted by atomic mass is 10.2. The molecule has 2 aromatic rings. The van der Waals surface area contributed by atoms with Crippen molar-refractivity contribution in [2.24, 2.45) is 0 Å². The third-order valence-electron chi connectivity index (χ3n) is 5.23. The number of nitrogens with one attached hydrogen (secondary N) is 1.